The Labute approximate surface area is 307 Å². The molecule has 0 radical (unpaired) electrons. The maximum absolute atomic E-state index is 6.89. The highest BCUT2D eigenvalue weighted by molar-refractivity contribution is 6.70. The summed E-state index contributed by atoms with van der Waals surface area (Å²) in [4.78, 5) is 0. The van der Waals surface area contributed by atoms with Gasteiger partial charge in [0.05, 0.1) is 11.4 Å². The molecule has 0 aliphatic heterocycles. The number of hydrogen-bond donors (Lipinski definition) is 0. The quantitative estimate of drug-likeness (QED) is 0.178. The predicted octanol–water partition coefficient (Wildman–Crippen LogP) is 13.0. The van der Waals surface area contributed by atoms with E-state index in [0.717, 1.165) is 11.5 Å². The fraction of sp³-hybridized carbons (Fsp3) is 0.545. The lowest BCUT2D eigenvalue weighted by Gasteiger charge is -2.34. The Morgan fingerprint density at radius 2 is 0.620 bits per heavy atom. The lowest BCUT2D eigenvalue weighted by Crippen LogP contribution is -2.32. The molecule has 2 heterocycles. The maximum Gasteiger partial charge on any atom is 0.242 e. The van der Waals surface area contributed by atoms with Crippen molar-refractivity contribution in [1.82, 2.24) is 9.13 Å². The monoisotopic (exact) mass is 712 g/mol. The van der Waals surface area contributed by atoms with Gasteiger partial charge in [-0.15, -0.1) is 0 Å². The second-order valence-electron chi connectivity index (χ2n) is 20.6. The van der Waals surface area contributed by atoms with Crippen molar-refractivity contribution in [3.63, 3.8) is 0 Å². The third-order valence-corrected chi connectivity index (χ3v) is 11.0. The van der Waals surface area contributed by atoms with Crippen molar-refractivity contribution in [1.29, 1.82) is 0 Å². The van der Waals surface area contributed by atoms with Gasteiger partial charge in [-0.3, -0.25) is 0 Å². The molecule has 4 nitrogen and oxygen atoms in total. The van der Waals surface area contributed by atoms with E-state index in [1.807, 2.05) is 0 Å². The van der Waals surface area contributed by atoms with Crippen molar-refractivity contribution in [3.8, 4) is 45.4 Å². The van der Waals surface area contributed by atoms with Gasteiger partial charge < -0.3 is 18.0 Å². The molecule has 2 aromatic carbocycles. The highest BCUT2D eigenvalue weighted by Gasteiger charge is 2.33. The minimum absolute atomic E-state index is 0.0700. The highest BCUT2D eigenvalue weighted by atomic mass is 28.4. The second-order valence-corrected chi connectivity index (χ2v) is 29.4. The molecule has 0 atom stereocenters. The van der Waals surface area contributed by atoms with Gasteiger partial charge in [0.15, 0.2) is 0 Å². The van der Waals surface area contributed by atoms with E-state index >= 15 is 0 Å². The maximum atomic E-state index is 6.89. The molecule has 0 spiro atoms. The first kappa shape index (κ1) is 39.8. The van der Waals surface area contributed by atoms with E-state index in [1.54, 1.807) is 0 Å². The van der Waals surface area contributed by atoms with Gasteiger partial charge in [0.25, 0.3) is 0 Å². The third-order valence-electron chi connectivity index (χ3n) is 9.32. The van der Waals surface area contributed by atoms with Crippen molar-refractivity contribution in [2.75, 3.05) is 0 Å². The number of aromatic nitrogens is 2. The largest absolute Gasteiger partial charge is 0.544 e. The normalized spacial score (nSPS) is 13.6. The van der Waals surface area contributed by atoms with E-state index in [0.29, 0.717) is 0 Å². The zero-order valence-electron chi connectivity index (χ0n) is 35.3. The van der Waals surface area contributed by atoms with Crippen LogP contribution < -0.4 is 8.85 Å². The SMILES string of the molecule is Cn1c(-c2cc(C(C)(C)C)c(O[Si](C)(C)C)c(C(C)(C)C)c2)ccc1-c1ccc(-c2cc(C(C)(C)C)c(O[Si](C)(C)C)c(C(C)(C)C)c2)n1C. The summed E-state index contributed by atoms with van der Waals surface area (Å²) in [5, 5.41) is 0. The van der Waals surface area contributed by atoms with E-state index in [1.165, 1.54) is 56.2 Å². The number of nitrogens with zero attached hydrogens (tertiary/aromatic N) is 2. The smallest absolute Gasteiger partial charge is 0.242 e. The van der Waals surface area contributed by atoms with Crippen LogP contribution in [0.4, 0.5) is 0 Å². The van der Waals surface area contributed by atoms with E-state index in [2.05, 4.69) is 194 Å². The molecular formula is C44H68N2O2Si2. The number of rotatable bonds is 7. The molecule has 0 aliphatic carbocycles. The Morgan fingerprint density at radius 3 is 0.820 bits per heavy atom. The minimum Gasteiger partial charge on any atom is -0.544 e. The van der Waals surface area contributed by atoms with E-state index < -0.39 is 16.6 Å². The molecule has 0 fully saturated rings. The molecule has 0 amide bonds. The van der Waals surface area contributed by atoms with Crippen LogP contribution in [-0.2, 0) is 35.8 Å². The molecule has 0 saturated carbocycles. The molecule has 4 aromatic rings. The average Bonchev–Trinajstić information content (AvgIpc) is 3.46. The lowest BCUT2D eigenvalue weighted by atomic mass is 9.78. The average molecular weight is 713 g/mol. The lowest BCUT2D eigenvalue weighted by molar-refractivity contribution is 0.477. The molecule has 6 heteroatoms. The molecule has 0 saturated heterocycles. The van der Waals surface area contributed by atoms with Crippen LogP contribution in [0.2, 0.25) is 39.3 Å². The fourth-order valence-electron chi connectivity index (χ4n) is 6.73. The van der Waals surface area contributed by atoms with Crippen LogP contribution in [0.3, 0.4) is 0 Å². The van der Waals surface area contributed by atoms with Gasteiger partial charge in [0, 0.05) is 25.5 Å². The second kappa shape index (κ2) is 12.9. The summed E-state index contributed by atoms with van der Waals surface area (Å²) in [6, 6.07) is 18.7. The van der Waals surface area contributed by atoms with Crippen molar-refractivity contribution >= 4 is 16.6 Å². The standard InChI is InChI=1S/C44H68N2O2Si2/c1-41(2,3)31-25-29(26-32(42(4,5)6)39(31)47-49(15,16)17)35-21-23-37(45(35)13)38-24-22-36(46(38)14)30-27-33(43(7,8)9)40(48-50(18,19)20)34(28-30)44(10,11)12/h21-28H,1-20H3. The van der Waals surface area contributed by atoms with E-state index in [9.17, 15) is 0 Å². The summed E-state index contributed by atoms with van der Waals surface area (Å²) >= 11 is 0. The number of benzene rings is 2. The van der Waals surface area contributed by atoms with Crippen LogP contribution in [0.1, 0.15) is 105 Å². The molecule has 0 unspecified atom stereocenters. The fourth-order valence-corrected chi connectivity index (χ4v) is 8.40. The van der Waals surface area contributed by atoms with Gasteiger partial charge in [0.2, 0.25) is 16.6 Å². The zero-order valence-corrected chi connectivity index (χ0v) is 37.3. The Hall–Kier alpha value is -2.97. The van der Waals surface area contributed by atoms with Gasteiger partial charge in [-0.1, -0.05) is 83.1 Å². The Kier molecular flexibility index (Phi) is 10.3. The summed E-state index contributed by atoms with van der Waals surface area (Å²) in [7, 11) is 0.700. The Balaban J connectivity index is 1.92. The van der Waals surface area contributed by atoms with E-state index in [4.69, 9.17) is 8.85 Å². The van der Waals surface area contributed by atoms with E-state index in [-0.39, 0.29) is 21.7 Å². The van der Waals surface area contributed by atoms with Gasteiger partial charge in [0.1, 0.15) is 11.5 Å². The van der Waals surface area contributed by atoms with Gasteiger partial charge in [-0.05, 0) is 143 Å². The molecule has 0 N–H and O–H groups in total. The predicted molar refractivity (Wildman–Crippen MR) is 223 cm³/mol. The number of hydrogen-bond acceptors (Lipinski definition) is 2. The molecule has 2 aromatic heterocycles. The molecular weight excluding hydrogens is 645 g/mol. The molecule has 4 rings (SSSR count). The van der Waals surface area contributed by atoms with Gasteiger partial charge in [-0.25, -0.2) is 0 Å². The Morgan fingerprint density at radius 1 is 0.400 bits per heavy atom. The van der Waals surface area contributed by atoms with Crippen molar-refractivity contribution in [2.45, 2.75) is 144 Å². The highest BCUT2D eigenvalue weighted by Crippen LogP contribution is 2.46. The summed E-state index contributed by atoms with van der Waals surface area (Å²) in [6.45, 7) is 41.3. The Bertz CT molecular complexity index is 1660. The zero-order chi connectivity index (χ0) is 38.2. The summed E-state index contributed by atoms with van der Waals surface area (Å²) < 4.78 is 18.5. The van der Waals surface area contributed by atoms with Gasteiger partial charge in [-0.2, -0.15) is 0 Å². The van der Waals surface area contributed by atoms with Crippen molar-refractivity contribution < 1.29 is 8.85 Å². The first-order chi connectivity index (χ1) is 22.4. The molecule has 0 aliphatic rings. The van der Waals surface area contributed by atoms with Crippen LogP contribution in [0, 0.1) is 0 Å². The first-order valence-electron chi connectivity index (χ1n) is 18.5. The van der Waals surface area contributed by atoms with Crippen LogP contribution >= 0.6 is 0 Å². The molecule has 274 valence electrons. The third kappa shape index (κ3) is 8.55. The summed E-state index contributed by atoms with van der Waals surface area (Å²) in [5.41, 5.74) is 12.1. The van der Waals surface area contributed by atoms with Crippen LogP contribution in [0.25, 0.3) is 33.9 Å². The topological polar surface area (TPSA) is 28.3 Å². The van der Waals surface area contributed by atoms with Crippen LogP contribution in [-0.4, -0.2) is 25.8 Å². The first-order valence-corrected chi connectivity index (χ1v) is 25.3. The minimum atomic E-state index is -1.85. The molecule has 50 heavy (non-hydrogen) atoms. The summed E-state index contributed by atoms with van der Waals surface area (Å²) in [6.07, 6.45) is 0. The van der Waals surface area contributed by atoms with Crippen LogP contribution in [0.15, 0.2) is 48.5 Å². The van der Waals surface area contributed by atoms with Crippen molar-refractivity contribution in [3.05, 3.63) is 70.8 Å². The van der Waals surface area contributed by atoms with Gasteiger partial charge >= 0.3 is 0 Å². The summed E-state index contributed by atoms with van der Waals surface area (Å²) in [5.74, 6) is 2.17. The molecule has 0 bridgehead atoms. The van der Waals surface area contributed by atoms with Crippen molar-refractivity contribution in [2.24, 2.45) is 14.1 Å². The van der Waals surface area contributed by atoms with Crippen LogP contribution in [0.5, 0.6) is 11.5 Å².